The van der Waals surface area contributed by atoms with E-state index in [2.05, 4.69) is 16.0 Å². The molecule has 0 radical (unpaired) electrons. The van der Waals surface area contributed by atoms with Crippen LogP contribution in [0, 0.1) is 0 Å². The predicted molar refractivity (Wildman–Crippen MR) is 156 cm³/mol. The van der Waals surface area contributed by atoms with Crippen molar-refractivity contribution in [3.63, 3.8) is 0 Å². The van der Waals surface area contributed by atoms with Crippen molar-refractivity contribution in [2.75, 3.05) is 7.05 Å². The Labute approximate surface area is 240 Å². The average Bonchev–Trinajstić information content (AvgIpc) is 3.34. The van der Waals surface area contributed by atoms with E-state index >= 15 is 0 Å². The Morgan fingerprint density at radius 3 is 2.33 bits per heavy atom. The molecule has 0 aliphatic rings. The molecule has 2 atom stereocenters. The minimum absolute atomic E-state index is 0.0443. The maximum atomic E-state index is 13.0. The number of hydrogen-bond donors (Lipinski definition) is 3. The van der Waals surface area contributed by atoms with Gasteiger partial charge in [-0.15, -0.1) is 0 Å². The first-order chi connectivity index (χ1) is 19.0. The molecule has 1 aromatic heterocycles. The van der Waals surface area contributed by atoms with Crippen molar-refractivity contribution in [2.24, 2.45) is 0 Å². The number of rotatable bonds is 12. The summed E-state index contributed by atoms with van der Waals surface area (Å²) < 4.78 is 7.67. The second-order valence-corrected chi connectivity index (χ2v) is 10.4. The van der Waals surface area contributed by atoms with E-state index in [1.807, 2.05) is 62.7 Å². The molecule has 3 N–H and O–H groups in total. The van der Waals surface area contributed by atoms with E-state index in [0.717, 1.165) is 29.2 Å². The van der Waals surface area contributed by atoms with Gasteiger partial charge in [-0.1, -0.05) is 35.9 Å². The van der Waals surface area contributed by atoms with Gasteiger partial charge in [-0.25, -0.2) is 4.98 Å². The van der Waals surface area contributed by atoms with Gasteiger partial charge in [0.25, 0.3) is 5.91 Å². The van der Waals surface area contributed by atoms with Crippen molar-refractivity contribution >= 4 is 29.3 Å². The molecule has 0 aliphatic carbocycles. The lowest BCUT2D eigenvalue weighted by molar-refractivity contribution is -0.121. The van der Waals surface area contributed by atoms with Gasteiger partial charge in [0.2, 0.25) is 11.8 Å². The first-order valence-electron chi connectivity index (χ1n) is 13.4. The number of amides is 3. The molecule has 0 bridgehead atoms. The van der Waals surface area contributed by atoms with Gasteiger partial charge in [0.15, 0.2) is 0 Å². The molecular formula is C30H38ClN5O4. The third kappa shape index (κ3) is 8.32. The molecule has 0 spiro atoms. The number of carbonyl (C=O) groups is 3. The number of ether oxygens (including phenoxy) is 1. The molecule has 0 saturated heterocycles. The Morgan fingerprint density at radius 2 is 1.75 bits per heavy atom. The lowest BCUT2D eigenvalue weighted by Gasteiger charge is -2.19. The summed E-state index contributed by atoms with van der Waals surface area (Å²) in [7, 11) is 1.57. The van der Waals surface area contributed by atoms with Gasteiger partial charge in [0, 0.05) is 50.3 Å². The van der Waals surface area contributed by atoms with Gasteiger partial charge >= 0.3 is 0 Å². The van der Waals surface area contributed by atoms with Crippen molar-refractivity contribution in [1.82, 2.24) is 25.5 Å². The van der Waals surface area contributed by atoms with E-state index in [1.54, 1.807) is 25.2 Å². The van der Waals surface area contributed by atoms with Crippen molar-refractivity contribution < 1.29 is 19.1 Å². The van der Waals surface area contributed by atoms with Crippen LogP contribution in [0.4, 0.5) is 0 Å². The number of aromatic nitrogens is 2. The van der Waals surface area contributed by atoms with Crippen molar-refractivity contribution in [3.8, 4) is 17.0 Å². The Kier molecular flexibility index (Phi) is 10.7. The highest BCUT2D eigenvalue weighted by Gasteiger charge is 2.20. The molecule has 40 heavy (non-hydrogen) atoms. The summed E-state index contributed by atoms with van der Waals surface area (Å²) in [5, 5.41) is 8.84. The monoisotopic (exact) mass is 567 g/mol. The molecule has 3 aromatic rings. The second-order valence-electron chi connectivity index (χ2n) is 9.95. The zero-order valence-electron chi connectivity index (χ0n) is 23.9. The highest BCUT2D eigenvalue weighted by atomic mass is 35.5. The molecule has 2 aromatic carbocycles. The standard InChI is InChI=1S/C30H38ClN5O4/c1-7-36-17-26(35-29(36)19(4)33-20(5)37)22-10-8-21(9-11-22)14-24(16-28(38)32-6)34-30(39)23-12-13-27(25(31)15-23)40-18(2)3/h8-13,15,17-19,24H,7,14,16H2,1-6H3,(H,32,38)(H,33,37)(H,34,39)/t19-,24+/m1/s1. The second kappa shape index (κ2) is 14.0. The van der Waals surface area contributed by atoms with Crippen molar-refractivity contribution in [2.45, 2.75) is 72.2 Å². The number of benzene rings is 2. The quantitative estimate of drug-likeness (QED) is 0.294. The normalized spacial score (nSPS) is 12.5. The molecule has 0 saturated carbocycles. The number of nitrogens with zero attached hydrogens (tertiary/aromatic N) is 2. The van der Waals surface area contributed by atoms with Crippen LogP contribution in [0.2, 0.25) is 5.02 Å². The molecule has 0 unspecified atom stereocenters. The van der Waals surface area contributed by atoms with Gasteiger partial charge in [0.1, 0.15) is 11.6 Å². The number of carbonyl (C=O) groups excluding carboxylic acids is 3. The number of halogens is 1. The SMILES string of the molecule is CCn1cc(-c2ccc(C[C@@H](CC(=O)NC)NC(=O)c3ccc(OC(C)C)c(Cl)c3)cc2)nc1[C@@H](C)NC(C)=O. The Bertz CT molecular complexity index is 1340. The number of nitrogens with one attached hydrogen (secondary N) is 3. The predicted octanol–water partition coefficient (Wildman–Crippen LogP) is 4.68. The minimum atomic E-state index is -0.437. The van der Waals surface area contributed by atoms with E-state index in [0.29, 0.717) is 22.8 Å². The van der Waals surface area contributed by atoms with Crippen LogP contribution in [0.25, 0.3) is 11.3 Å². The van der Waals surface area contributed by atoms with Crippen LogP contribution in [0.3, 0.4) is 0 Å². The number of aryl methyl sites for hydroxylation is 1. The number of imidazole rings is 1. The lowest BCUT2D eigenvalue weighted by Crippen LogP contribution is -2.40. The summed E-state index contributed by atoms with van der Waals surface area (Å²) in [6.07, 6.45) is 2.50. The van der Waals surface area contributed by atoms with Crippen LogP contribution in [-0.4, -0.2) is 46.5 Å². The highest BCUT2D eigenvalue weighted by Crippen LogP contribution is 2.27. The summed E-state index contributed by atoms with van der Waals surface area (Å²) in [4.78, 5) is 41.5. The maximum absolute atomic E-state index is 13.0. The van der Waals surface area contributed by atoms with Gasteiger partial charge in [-0.2, -0.15) is 0 Å². The fraction of sp³-hybridized carbons (Fsp3) is 0.400. The van der Waals surface area contributed by atoms with E-state index in [1.165, 1.54) is 6.92 Å². The summed E-state index contributed by atoms with van der Waals surface area (Å²) >= 11 is 6.32. The molecule has 9 nitrogen and oxygen atoms in total. The Hall–Kier alpha value is -3.85. The summed E-state index contributed by atoms with van der Waals surface area (Å²) in [5.74, 6) is 0.688. The smallest absolute Gasteiger partial charge is 0.251 e. The van der Waals surface area contributed by atoms with E-state index in [4.69, 9.17) is 21.3 Å². The Morgan fingerprint density at radius 1 is 1.05 bits per heavy atom. The van der Waals surface area contributed by atoms with E-state index in [9.17, 15) is 14.4 Å². The maximum Gasteiger partial charge on any atom is 0.251 e. The van der Waals surface area contributed by atoms with Crippen molar-refractivity contribution in [1.29, 1.82) is 0 Å². The first kappa shape index (κ1) is 30.7. The van der Waals surface area contributed by atoms with E-state index in [-0.39, 0.29) is 36.3 Å². The topological polar surface area (TPSA) is 114 Å². The summed E-state index contributed by atoms with van der Waals surface area (Å²) in [6, 6.07) is 12.1. The molecule has 214 valence electrons. The zero-order chi connectivity index (χ0) is 29.4. The summed E-state index contributed by atoms with van der Waals surface area (Å²) in [5.41, 5.74) is 3.07. The molecule has 3 amide bonds. The van der Waals surface area contributed by atoms with Crippen LogP contribution in [0.5, 0.6) is 5.75 Å². The molecule has 10 heteroatoms. The van der Waals surface area contributed by atoms with Crippen LogP contribution in [0.15, 0.2) is 48.7 Å². The van der Waals surface area contributed by atoms with E-state index < -0.39 is 6.04 Å². The van der Waals surface area contributed by atoms with Crippen LogP contribution >= 0.6 is 11.6 Å². The van der Waals surface area contributed by atoms with Gasteiger partial charge < -0.3 is 25.3 Å². The molecule has 1 heterocycles. The largest absolute Gasteiger partial charge is 0.489 e. The van der Waals surface area contributed by atoms with Gasteiger partial charge in [-0.05, 0) is 57.9 Å². The lowest BCUT2D eigenvalue weighted by atomic mass is 10.0. The fourth-order valence-corrected chi connectivity index (χ4v) is 4.62. The van der Waals surface area contributed by atoms with Crippen LogP contribution < -0.4 is 20.7 Å². The molecule has 3 rings (SSSR count). The van der Waals surface area contributed by atoms with Gasteiger partial charge in [-0.3, -0.25) is 14.4 Å². The molecular weight excluding hydrogens is 530 g/mol. The van der Waals surface area contributed by atoms with Crippen LogP contribution in [0.1, 0.15) is 68.8 Å². The van der Waals surface area contributed by atoms with Crippen molar-refractivity contribution in [3.05, 3.63) is 70.6 Å². The Balaban J connectivity index is 1.76. The first-order valence-corrected chi connectivity index (χ1v) is 13.8. The third-order valence-corrected chi connectivity index (χ3v) is 6.58. The fourth-order valence-electron chi connectivity index (χ4n) is 4.39. The summed E-state index contributed by atoms with van der Waals surface area (Å²) in [6.45, 7) is 9.95. The highest BCUT2D eigenvalue weighted by molar-refractivity contribution is 6.32. The molecule has 0 fully saturated rings. The van der Waals surface area contributed by atoms with Gasteiger partial charge in [0.05, 0.1) is 22.9 Å². The minimum Gasteiger partial charge on any atom is -0.489 e. The zero-order valence-corrected chi connectivity index (χ0v) is 24.6. The van der Waals surface area contributed by atoms with Crippen LogP contribution in [-0.2, 0) is 22.6 Å². The third-order valence-electron chi connectivity index (χ3n) is 6.29. The average molecular weight is 568 g/mol. The molecule has 0 aliphatic heterocycles. The number of hydrogen-bond acceptors (Lipinski definition) is 5.